The Morgan fingerprint density at radius 2 is 1.88 bits per heavy atom. The highest BCUT2D eigenvalue weighted by atomic mass is 35.5. The summed E-state index contributed by atoms with van der Waals surface area (Å²) in [6.07, 6.45) is 2.49. The van der Waals surface area contributed by atoms with Crippen molar-refractivity contribution in [2.24, 2.45) is 11.8 Å². The van der Waals surface area contributed by atoms with Crippen molar-refractivity contribution in [3.63, 3.8) is 0 Å². The third-order valence-corrected chi connectivity index (χ3v) is 6.04. The maximum Gasteiger partial charge on any atom is 0.253 e. The Hall–Kier alpha value is -1.83. The fourth-order valence-electron chi connectivity index (χ4n) is 3.76. The molecule has 1 heterocycles. The van der Waals surface area contributed by atoms with Crippen molar-refractivity contribution in [1.29, 1.82) is 0 Å². The lowest BCUT2D eigenvalue weighted by atomic mass is 9.94. The second-order valence-electron chi connectivity index (χ2n) is 8.52. The van der Waals surface area contributed by atoms with Crippen LogP contribution in [0, 0.1) is 11.8 Å². The summed E-state index contributed by atoms with van der Waals surface area (Å²) >= 11 is 12.1. The molecule has 1 saturated heterocycles. The zero-order valence-corrected chi connectivity index (χ0v) is 20.5. The van der Waals surface area contributed by atoms with E-state index in [-0.39, 0.29) is 34.2 Å². The molecular weight excluding hydrogens is 453 g/mol. The number of rotatable bonds is 10. The minimum absolute atomic E-state index is 0.0256. The Morgan fingerprint density at radius 3 is 2.47 bits per heavy atom. The molecule has 1 fully saturated rings. The van der Waals surface area contributed by atoms with Gasteiger partial charge in [-0.25, -0.2) is 0 Å². The normalized spacial score (nSPS) is 15.5. The number of piperidine rings is 1. The first-order valence-corrected chi connectivity index (χ1v) is 11.8. The Kier molecular flexibility index (Phi) is 10.7. The number of hydrogen-bond acceptors (Lipinski definition) is 4. The monoisotopic (exact) mass is 485 g/mol. The lowest BCUT2D eigenvalue weighted by Gasteiger charge is -2.34. The van der Waals surface area contributed by atoms with Crippen LogP contribution in [0.5, 0.6) is 0 Å². The molecule has 0 aliphatic carbocycles. The number of ether oxygens (including phenoxy) is 1. The number of carbonyl (C=O) groups is 3. The van der Waals surface area contributed by atoms with Gasteiger partial charge >= 0.3 is 0 Å². The molecule has 1 aliphatic heterocycles. The molecule has 0 radical (unpaired) electrons. The number of nitrogens with one attached hydrogen (secondary N) is 2. The first-order valence-electron chi connectivity index (χ1n) is 11.0. The van der Waals surface area contributed by atoms with Crippen molar-refractivity contribution in [2.45, 2.75) is 45.6 Å². The van der Waals surface area contributed by atoms with Crippen LogP contribution in [0.2, 0.25) is 10.0 Å². The summed E-state index contributed by atoms with van der Waals surface area (Å²) in [6, 6.07) is 3.98. The van der Waals surface area contributed by atoms with Crippen molar-refractivity contribution in [3.8, 4) is 0 Å². The van der Waals surface area contributed by atoms with Gasteiger partial charge in [0.15, 0.2) is 0 Å². The van der Waals surface area contributed by atoms with Gasteiger partial charge in [0.1, 0.15) is 6.04 Å². The molecule has 9 heteroatoms. The highest BCUT2D eigenvalue weighted by molar-refractivity contribution is 6.36. The third kappa shape index (κ3) is 7.94. The van der Waals surface area contributed by atoms with E-state index < -0.39 is 11.9 Å². The Labute approximate surface area is 200 Å². The highest BCUT2D eigenvalue weighted by Gasteiger charge is 2.32. The quantitative estimate of drug-likeness (QED) is 0.496. The van der Waals surface area contributed by atoms with E-state index in [4.69, 9.17) is 27.9 Å². The first kappa shape index (κ1) is 26.4. The fraction of sp³-hybridized carbons (Fsp3) is 0.609. The standard InChI is InChI=1S/C23H33Cl2N3O4/c1-15(2)13-20(27-22(30)18-6-5-17(24)14-19(18)25)23(31)28-10-7-16(8-11-28)21(29)26-9-4-12-32-3/h5-6,14-16,20H,4,7-13H2,1-3H3,(H,26,29)(H,27,30). The largest absolute Gasteiger partial charge is 0.385 e. The predicted molar refractivity (Wildman–Crippen MR) is 126 cm³/mol. The molecule has 7 nitrogen and oxygen atoms in total. The molecule has 32 heavy (non-hydrogen) atoms. The number of benzene rings is 1. The van der Waals surface area contributed by atoms with Crippen molar-refractivity contribution >= 4 is 40.9 Å². The van der Waals surface area contributed by atoms with Crippen LogP contribution in [0.3, 0.4) is 0 Å². The number of halogens is 2. The van der Waals surface area contributed by atoms with E-state index in [0.29, 0.717) is 50.5 Å². The van der Waals surface area contributed by atoms with E-state index in [1.165, 1.54) is 6.07 Å². The van der Waals surface area contributed by atoms with Gasteiger partial charge in [-0.1, -0.05) is 37.0 Å². The van der Waals surface area contributed by atoms with Gasteiger partial charge in [0.25, 0.3) is 5.91 Å². The molecule has 1 aliphatic rings. The van der Waals surface area contributed by atoms with Crippen LogP contribution < -0.4 is 10.6 Å². The van der Waals surface area contributed by atoms with Crippen molar-refractivity contribution in [2.75, 3.05) is 33.4 Å². The van der Waals surface area contributed by atoms with Crippen molar-refractivity contribution in [3.05, 3.63) is 33.8 Å². The van der Waals surface area contributed by atoms with Crippen LogP contribution in [-0.4, -0.2) is 62.0 Å². The molecule has 3 amide bonds. The summed E-state index contributed by atoms with van der Waals surface area (Å²) in [5.74, 6) is -0.405. The molecule has 1 aromatic rings. The van der Waals surface area contributed by atoms with Crippen LogP contribution in [0.15, 0.2) is 18.2 Å². The molecule has 0 bridgehead atoms. The number of carbonyl (C=O) groups excluding carboxylic acids is 3. The molecule has 0 aromatic heterocycles. The summed E-state index contributed by atoms with van der Waals surface area (Å²) < 4.78 is 4.99. The molecule has 178 valence electrons. The van der Waals surface area contributed by atoms with Gasteiger partial charge in [-0.05, 0) is 49.8 Å². The van der Waals surface area contributed by atoms with Gasteiger partial charge in [0.2, 0.25) is 11.8 Å². The zero-order chi connectivity index (χ0) is 23.7. The average Bonchev–Trinajstić information content (AvgIpc) is 2.75. The molecule has 2 N–H and O–H groups in total. The molecule has 1 unspecified atom stereocenters. The SMILES string of the molecule is COCCCNC(=O)C1CCN(C(=O)C(CC(C)C)NC(=O)c2ccc(Cl)cc2Cl)CC1. The highest BCUT2D eigenvalue weighted by Crippen LogP contribution is 2.22. The van der Waals surface area contributed by atoms with Crippen LogP contribution >= 0.6 is 23.2 Å². The second-order valence-corrected chi connectivity index (χ2v) is 9.36. The molecular formula is C23H33Cl2N3O4. The summed E-state index contributed by atoms with van der Waals surface area (Å²) in [6.45, 7) is 6.17. The van der Waals surface area contributed by atoms with Crippen LogP contribution in [0.1, 0.15) is 49.9 Å². The minimum atomic E-state index is -0.659. The number of amides is 3. The average molecular weight is 486 g/mol. The first-order chi connectivity index (χ1) is 15.2. The van der Waals surface area contributed by atoms with Crippen molar-refractivity contribution in [1.82, 2.24) is 15.5 Å². The molecule has 0 saturated carbocycles. The third-order valence-electron chi connectivity index (χ3n) is 5.49. The molecule has 1 aromatic carbocycles. The van der Waals surface area contributed by atoms with Gasteiger partial charge in [0.05, 0.1) is 10.6 Å². The summed E-state index contributed by atoms with van der Waals surface area (Å²) in [7, 11) is 1.63. The van der Waals surface area contributed by atoms with E-state index in [2.05, 4.69) is 10.6 Å². The molecule has 0 spiro atoms. The lowest BCUT2D eigenvalue weighted by molar-refractivity contribution is -0.137. The summed E-state index contributed by atoms with van der Waals surface area (Å²) in [5, 5.41) is 6.46. The minimum Gasteiger partial charge on any atom is -0.385 e. The fourth-order valence-corrected chi connectivity index (χ4v) is 4.25. The van der Waals surface area contributed by atoms with Crippen LogP contribution in [-0.2, 0) is 14.3 Å². The summed E-state index contributed by atoms with van der Waals surface area (Å²) in [5.41, 5.74) is 0.279. The van der Waals surface area contributed by atoms with Gasteiger partial charge in [-0.15, -0.1) is 0 Å². The summed E-state index contributed by atoms with van der Waals surface area (Å²) in [4.78, 5) is 40.1. The van der Waals surface area contributed by atoms with E-state index in [0.717, 1.165) is 6.42 Å². The number of likely N-dealkylation sites (tertiary alicyclic amines) is 1. The Bertz CT molecular complexity index is 795. The lowest BCUT2D eigenvalue weighted by Crippen LogP contribution is -2.52. The second kappa shape index (κ2) is 13.0. The zero-order valence-electron chi connectivity index (χ0n) is 19.0. The molecule has 1 atom stereocenters. The van der Waals surface area contributed by atoms with E-state index in [9.17, 15) is 14.4 Å². The maximum atomic E-state index is 13.2. The van der Waals surface area contributed by atoms with E-state index in [1.54, 1.807) is 24.1 Å². The van der Waals surface area contributed by atoms with Crippen molar-refractivity contribution < 1.29 is 19.1 Å². The Balaban J connectivity index is 1.95. The number of nitrogens with zero attached hydrogens (tertiary/aromatic N) is 1. The van der Waals surface area contributed by atoms with Gasteiger partial charge in [-0.3, -0.25) is 14.4 Å². The van der Waals surface area contributed by atoms with Gasteiger partial charge in [-0.2, -0.15) is 0 Å². The van der Waals surface area contributed by atoms with E-state index >= 15 is 0 Å². The smallest absolute Gasteiger partial charge is 0.253 e. The number of hydrogen-bond donors (Lipinski definition) is 2. The number of methoxy groups -OCH3 is 1. The van der Waals surface area contributed by atoms with Gasteiger partial charge < -0.3 is 20.3 Å². The maximum absolute atomic E-state index is 13.2. The molecule has 2 rings (SSSR count). The van der Waals surface area contributed by atoms with Crippen LogP contribution in [0.25, 0.3) is 0 Å². The topological polar surface area (TPSA) is 87.7 Å². The van der Waals surface area contributed by atoms with Crippen LogP contribution in [0.4, 0.5) is 0 Å². The predicted octanol–water partition coefficient (Wildman–Crippen LogP) is 3.53. The van der Waals surface area contributed by atoms with E-state index in [1.807, 2.05) is 13.8 Å². The van der Waals surface area contributed by atoms with Gasteiger partial charge in [0, 0.05) is 44.3 Å². The Morgan fingerprint density at radius 1 is 1.19 bits per heavy atom.